The Morgan fingerprint density at radius 1 is 1.11 bits per heavy atom. The van der Waals surface area contributed by atoms with Gasteiger partial charge in [0.2, 0.25) is 5.95 Å². The van der Waals surface area contributed by atoms with E-state index in [1.165, 1.54) is 11.9 Å². The monoisotopic (exact) mass is 374 g/mol. The van der Waals surface area contributed by atoms with Crippen LogP contribution in [0.2, 0.25) is 0 Å². The van der Waals surface area contributed by atoms with Crippen LogP contribution in [0.5, 0.6) is 0 Å². The van der Waals surface area contributed by atoms with Gasteiger partial charge in [0.15, 0.2) is 0 Å². The SMILES string of the molecule is CCc1ccc(C2C(C(=O)OCc3ccccc3)=C(C)Nc3ncnn32)cc1. The number of carbonyl (C=O) groups is 1. The molecule has 1 unspecified atom stereocenters. The van der Waals surface area contributed by atoms with Gasteiger partial charge in [-0.15, -0.1) is 0 Å². The van der Waals surface area contributed by atoms with Gasteiger partial charge in [0.25, 0.3) is 0 Å². The number of benzene rings is 2. The molecular weight excluding hydrogens is 352 g/mol. The van der Waals surface area contributed by atoms with E-state index in [1.54, 1.807) is 4.68 Å². The van der Waals surface area contributed by atoms with Crippen LogP contribution in [0.25, 0.3) is 0 Å². The van der Waals surface area contributed by atoms with Crippen molar-refractivity contribution in [3.63, 3.8) is 0 Å². The van der Waals surface area contributed by atoms with Crippen molar-refractivity contribution < 1.29 is 9.53 Å². The molecule has 1 aliphatic rings. The zero-order valence-corrected chi connectivity index (χ0v) is 15.9. The highest BCUT2D eigenvalue weighted by Crippen LogP contribution is 2.35. The van der Waals surface area contributed by atoms with Crippen molar-refractivity contribution in [1.82, 2.24) is 14.8 Å². The fraction of sp³-hybridized carbons (Fsp3) is 0.227. The number of nitrogens with zero attached hydrogens (tertiary/aromatic N) is 3. The van der Waals surface area contributed by atoms with Crippen LogP contribution >= 0.6 is 0 Å². The number of hydrogen-bond acceptors (Lipinski definition) is 5. The van der Waals surface area contributed by atoms with Gasteiger partial charge in [0.05, 0.1) is 5.57 Å². The van der Waals surface area contributed by atoms with Gasteiger partial charge in [-0.3, -0.25) is 0 Å². The smallest absolute Gasteiger partial charge is 0.338 e. The summed E-state index contributed by atoms with van der Waals surface area (Å²) in [6.45, 7) is 4.21. The number of carbonyl (C=O) groups excluding carboxylic acids is 1. The highest BCUT2D eigenvalue weighted by Gasteiger charge is 2.34. The van der Waals surface area contributed by atoms with Gasteiger partial charge in [-0.05, 0) is 30.0 Å². The number of esters is 1. The Labute approximate surface area is 163 Å². The average Bonchev–Trinajstić information content (AvgIpc) is 3.20. The largest absolute Gasteiger partial charge is 0.457 e. The molecule has 3 aromatic rings. The molecule has 0 spiro atoms. The van der Waals surface area contributed by atoms with Gasteiger partial charge >= 0.3 is 5.97 Å². The molecule has 4 rings (SSSR count). The average molecular weight is 374 g/mol. The third-order valence-electron chi connectivity index (χ3n) is 4.93. The van der Waals surface area contributed by atoms with Crippen molar-refractivity contribution in [1.29, 1.82) is 0 Å². The highest BCUT2D eigenvalue weighted by molar-refractivity contribution is 5.92. The lowest BCUT2D eigenvalue weighted by Crippen LogP contribution is -2.29. The van der Waals surface area contributed by atoms with E-state index in [4.69, 9.17) is 4.74 Å². The van der Waals surface area contributed by atoms with E-state index in [-0.39, 0.29) is 18.6 Å². The molecule has 0 aliphatic carbocycles. The van der Waals surface area contributed by atoms with E-state index in [1.807, 2.05) is 49.4 Å². The Morgan fingerprint density at radius 2 is 1.86 bits per heavy atom. The molecule has 6 heteroatoms. The Kier molecular flexibility index (Phi) is 4.93. The van der Waals surface area contributed by atoms with E-state index in [2.05, 4.69) is 34.5 Å². The van der Waals surface area contributed by atoms with Crippen LogP contribution in [0, 0.1) is 0 Å². The summed E-state index contributed by atoms with van der Waals surface area (Å²) in [4.78, 5) is 17.3. The van der Waals surface area contributed by atoms with Crippen molar-refractivity contribution in [2.24, 2.45) is 0 Å². The molecule has 0 fully saturated rings. The number of aromatic nitrogens is 3. The lowest BCUT2D eigenvalue weighted by atomic mass is 9.95. The van der Waals surface area contributed by atoms with Gasteiger partial charge in [-0.2, -0.15) is 10.1 Å². The first-order valence-corrected chi connectivity index (χ1v) is 9.34. The predicted octanol–water partition coefficient (Wildman–Crippen LogP) is 3.87. The maximum atomic E-state index is 13.0. The Hall–Kier alpha value is -3.41. The first kappa shape index (κ1) is 18.0. The minimum absolute atomic E-state index is 0.224. The van der Waals surface area contributed by atoms with Gasteiger partial charge in [-0.1, -0.05) is 61.5 Å². The Balaban J connectivity index is 1.67. The molecule has 6 nitrogen and oxygen atoms in total. The molecule has 1 atom stereocenters. The second kappa shape index (κ2) is 7.68. The molecule has 28 heavy (non-hydrogen) atoms. The van der Waals surface area contributed by atoms with E-state index < -0.39 is 0 Å². The van der Waals surface area contributed by atoms with Crippen molar-refractivity contribution in [2.45, 2.75) is 32.9 Å². The summed E-state index contributed by atoms with van der Waals surface area (Å²) in [5.74, 6) is 0.251. The summed E-state index contributed by atoms with van der Waals surface area (Å²) < 4.78 is 7.36. The van der Waals surface area contributed by atoms with Crippen LogP contribution in [0.15, 0.2) is 72.2 Å². The number of hydrogen-bond donors (Lipinski definition) is 1. The van der Waals surface area contributed by atoms with Crippen LogP contribution in [0.3, 0.4) is 0 Å². The molecule has 1 aliphatic heterocycles. The fourth-order valence-corrected chi connectivity index (χ4v) is 3.40. The van der Waals surface area contributed by atoms with E-state index in [9.17, 15) is 4.79 Å². The summed E-state index contributed by atoms with van der Waals surface area (Å²) >= 11 is 0. The number of allylic oxidation sites excluding steroid dienone is 1. The summed E-state index contributed by atoms with van der Waals surface area (Å²) in [6.07, 6.45) is 2.45. The first-order valence-electron chi connectivity index (χ1n) is 9.34. The van der Waals surface area contributed by atoms with Gasteiger partial charge in [0.1, 0.15) is 19.0 Å². The Bertz CT molecular complexity index is 1010. The number of rotatable bonds is 5. The predicted molar refractivity (Wildman–Crippen MR) is 107 cm³/mol. The molecule has 0 bridgehead atoms. The molecular formula is C22H22N4O2. The minimum Gasteiger partial charge on any atom is -0.457 e. The van der Waals surface area contributed by atoms with Crippen LogP contribution in [0.1, 0.15) is 36.6 Å². The molecule has 0 amide bonds. The standard InChI is InChI=1S/C22H22N4O2/c1-3-16-9-11-18(12-10-16)20-19(15(2)25-22-23-14-24-26(20)22)21(27)28-13-17-7-5-4-6-8-17/h4-12,14,20H,3,13H2,1-2H3,(H,23,24,25). The molecule has 1 N–H and O–H groups in total. The van der Waals surface area contributed by atoms with Crippen molar-refractivity contribution in [2.75, 3.05) is 5.32 Å². The Morgan fingerprint density at radius 3 is 2.57 bits per heavy atom. The van der Waals surface area contributed by atoms with E-state index >= 15 is 0 Å². The normalized spacial score (nSPS) is 15.7. The summed E-state index contributed by atoms with van der Waals surface area (Å²) in [5, 5.41) is 7.50. The van der Waals surface area contributed by atoms with Crippen molar-refractivity contribution in [3.05, 3.63) is 88.9 Å². The quantitative estimate of drug-likeness (QED) is 0.687. The van der Waals surface area contributed by atoms with Gasteiger partial charge in [0, 0.05) is 5.70 Å². The summed E-state index contributed by atoms with van der Waals surface area (Å²) in [5.41, 5.74) is 4.42. The third-order valence-corrected chi connectivity index (χ3v) is 4.93. The number of anilines is 1. The van der Waals surface area contributed by atoms with Crippen molar-refractivity contribution >= 4 is 11.9 Å². The maximum absolute atomic E-state index is 13.0. The molecule has 2 aromatic carbocycles. The molecule has 0 saturated heterocycles. The molecule has 0 saturated carbocycles. The van der Waals surface area contributed by atoms with Crippen molar-refractivity contribution in [3.8, 4) is 0 Å². The van der Waals surface area contributed by atoms with Crippen LogP contribution in [-0.4, -0.2) is 20.7 Å². The highest BCUT2D eigenvalue weighted by atomic mass is 16.5. The van der Waals surface area contributed by atoms with Gasteiger partial charge in [-0.25, -0.2) is 9.48 Å². The minimum atomic E-state index is -0.382. The number of ether oxygens (including phenoxy) is 1. The molecule has 2 heterocycles. The topological polar surface area (TPSA) is 69.0 Å². The van der Waals surface area contributed by atoms with E-state index in [0.29, 0.717) is 11.5 Å². The fourth-order valence-electron chi connectivity index (χ4n) is 3.40. The number of nitrogens with one attached hydrogen (secondary N) is 1. The van der Waals surface area contributed by atoms with Crippen LogP contribution < -0.4 is 5.32 Å². The zero-order chi connectivity index (χ0) is 19.5. The summed E-state index contributed by atoms with van der Waals surface area (Å²) in [6, 6.07) is 17.5. The number of aryl methyl sites for hydroxylation is 1. The molecule has 0 radical (unpaired) electrons. The number of fused-ring (bicyclic) bond motifs is 1. The maximum Gasteiger partial charge on any atom is 0.338 e. The van der Waals surface area contributed by atoms with Crippen LogP contribution in [0.4, 0.5) is 5.95 Å². The van der Waals surface area contributed by atoms with Gasteiger partial charge < -0.3 is 10.1 Å². The lowest BCUT2D eigenvalue weighted by molar-refractivity contribution is -0.140. The molecule has 1 aromatic heterocycles. The second-order valence-corrected chi connectivity index (χ2v) is 6.75. The van der Waals surface area contributed by atoms with E-state index in [0.717, 1.165) is 23.2 Å². The first-order chi connectivity index (χ1) is 13.7. The third kappa shape index (κ3) is 3.41. The van der Waals surface area contributed by atoms with Crippen LogP contribution in [-0.2, 0) is 22.6 Å². The summed E-state index contributed by atoms with van der Waals surface area (Å²) in [7, 11) is 0. The molecule has 142 valence electrons. The second-order valence-electron chi connectivity index (χ2n) is 6.75. The lowest BCUT2D eigenvalue weighted by Gasteiger charge is -2.28. The zero-order valence-electron chi connectivity index (χ0n) is 15.9.